The first-order valence-electron chi connectivity index (χ1n) is 10.8. The third kappa shape index (κ3) is 5.13. The Hall–Kier alpha value is -2.12. The van der Waals surface area contributed by atoms with E-state index in [2.05, 4.69) is 29.0 Å². The molecule has 0 bridgehead atoms. The van der Waals surface area contributed by atoms with Crippen LogP contribution in [0.3, 0.4) is 0 Å². The second kappa shape index (κ2) is 10.3. The molecule has 1 aliphatic rings. The van der Waals surface area contributed by atoms with Crippen LogP contribution in [0.4, 0.5) is 15.8 Å². The molecule has 164 valence electrons. The van der Waals surface area contributed by atoms with Gasteiger partial charge in [0, 0.05) is 38.4 Å². The fourth-order valence-electron chi connectivity index (χ4n) is 3.91. The maximum Gasteiger partial charge on any atom is 0.208 e. The molecule has 5 nitrogen and oxygen atoms in total. The summed E-state index contributed by atoms with van der Waals surface area (Å²) in [7, 11) is -3.76. The molecule has 1 aliphatic heterocycles. The lowest BCUT2D eigenvalue weighted by atomic mass is 10.2. The van der Waals surface area contributed by atoms with Crippen molar-refractivity contribution in [1.29, 1.82) is 0 Å². The van der Waals surface area contributed by atoms with Crippen molar-refractivity contribution in [3.05, 3.63) is 48.3 Å². The first-order valence-corrected chi connectivity index (χ1v) is 12.3. The molecule has 1 saturated heterocycles. The Morgan fingerprint density at radius 3 is 2.37 bits per heavy atom. The minimum absolute atomic E-state index is 0.116. The standard InChI is InChI=1S/C23H32FN3O2S/c1-3-14-27(15-4-2)22-18-20(26-16-5-12-25-13-17-26)8-11-23(22)30(28,29)21-9-6-19(24)7-10-21/h6-11,18,25H,3-5,12-17H2,1-2H3. The fourth-order valence-corrected chi connectivity index (χ4v) is 5.37. The maximum atomic E-state index is 13.4. The Morgan fingerprint density at radius 2 is 1.70 bits per heavy atom. The SMILES string of the molecule is CCCN(CCC)c1cc(N2CCCNCC2)ccc1S(=O)(=O)c1ccc(F)cc1. The lowest BCUT2D eigenvalue weighted by molar-refractivity contribution is 0.594. The van der Waals surface area contributed by atoms with Gasteiger partial charge in [-0.2, -0.15) is 0 Å². The summed E-state index contributed by atoms with van der Waals surface area (Å²) in [5.41, 5.74) is 1.78. The quantitative estimate of drug-likeness (QED) is 0.636. The first-order chi connectivity index (χ1) is 14.5. The van der Waals surface area contributed by atoms with E-state index >= 15 is 0 Å². The molecule has 0 aromatic heterocycles. The fraction of sp³-hybridized carbons (Fsp3) is 0.478. The summed E-state index contributed by atoms with van der Waals surface area (Å²) in [6.45, 7) is 9.51. The van der Waals surface area contributed by atoms with Gasteiger partial charge in [0.25, 0.3) is 0 Å². The summed E-state index contributed by atoms with van der Waals surface area (Å²) < 4.78 is 40.3. The Bertz CT molecular complexity index is 918. The smallest absolute Gasteiger partial charge is 0.208 e. The molecule has 0 unspecified atom stereocenters. The predicted octanol–water partition coefficient (Wildman–Crippen LogP) is 4.08. The molecule has 30 heavy (non-hydrogen) atoms. The monoisotopic (exact) mass is 433 g/mol. The van der Waals surface area contributed by atoms with E-state index in [0.29, 0.717) is 0 Å². The van der Waals surface area contributed by atoms with E-state index in [-0.39, 0.29) is 9.79 Å². The number of anilines is 2. The summed E-state index contributed by atoms with van der Waals surface area (Å²) in [4.78, 5) is 4.88. The van der Waals surface area contributed by atoms with Crippen molar-refractivity contribution in [2.45, 2.75) is 42.9 Å². The van der Waals surface area contributed by atoms with Gasteiger partial charge in [-0.15, -0.1) is 0 Å². The van der Waals surface area contributed by atoms with Gasteiger partial charge in [0.05, 0.1) is 15.5 Å². The molecule has 0 aliphatic carbocycles. The average Bonchev–Trinajstić information content (AvgIpc) is 3.03. The van der Waals surface area contributed by atoms with Crippen LogP contribution in [-0.2, 0) is 9.84 Å². The molecule has 0 atom stereocenters. The van der Waals surface area contributed by atoms with Crippen molar-refractivity contribution in [3.63, 3.8) is 0 Å². The minimum Gasteiger partial charge on any atom is -0.370 e. The highest BCUT2D eigenvalue weighted by atomic mass is 32.2. The zero-order valence-electron chi connectivity index (χ0n) is 17.9. The molecule has 1 heterocycles. The number of hydrogen-bond donors (Lipinski definition) is 1. The highest BCUT2D eigenvalue weighted by molar-refractivity contribution is 7.91. The maximum absolute atomic E-state index is 13.4. The Balaban J connectivity index is 2.09. The van der Waals surface area contributed by atoms with E-state index in [4.69, 9.17) is 0 Å². The number of nitrogens with zero attached hydrogens (tertiary/aromatic N) is 2. The van der Waals surface area contributed by atoms with Crippen LogP contribution in [0, 0.1) is 5.82 Å². The van der Waals surface area contributed by atoms with E-state index in [0.717, 1.165) is 69.9 Å². The summed E-state index contributed by atoms with van der Waals surface area (Å²) in [6, 6.07) is 10.7. The molecule has 0 amide bonds. The van der Waals surface area contributed by atoms with Crippen LogP contribution < -0.4 is 15.1 Å². The molecular formula is C23H32FN3O2S. The number of benzene rings is 2. The van der Waals surface area contributed by atoms with E-state index in [9.17, 15) is 12.8 Å². The van der Waals surface area contributed by atoms with Gasteiger partial charge in [0.15, 0.2) is 0 Å². The summed E-state index contributed by atoms with van der Waals surface area (Å²) >= 11 is 0. The Kier molecular flexibility index (Phi) is 7.72. The van der Waals surface area contributed by atoms with E-state index in [1.165, 1.54) is 24.3 Å². The van der Waals surface area contributed by atoms with Crippen LogP contribution in [0.15, 0.2) is 52.3 Å². The number of halogens is 1. The van der Waals surface area contributed by atoms with Crippen molar-refractivity contribution in [1.82, 2.24) is 5.32 Å². The van der Waals surface area contributed by atoms with Crippen LogP contribution >= 0.6 is 0 Å². The topological polar surface area (TPSA) is 52.6 Å². The highest BCUT2D eigenvalue weighted by Gasteiger charge is 2.25. The van der Waals surface area contributed by atoms with Crippen LogP contribution in [0.5, 0.6) is 0 Å². The minimum atomic E-state index is -3.76. The normalized spacial score (nSPS) is 15.1. The van der Waals surface area contributed by atoms with Crippen molar-refractivity contribution >= 4 is 21.2 Å². The van der Waals surface area contributed by atoms with Gasteiger partial charge in [0.1, 0.15) is 5.82 Å². The molecule has 2 aromatic carbocycles. The van der Waals surface area contributed by atoms with Gasteiger partial charge in [-0.1, -0.05) is 13.8 Å². The lowest BCUT2D eigenvalue weighted by Crippen LogP contribution is -2.30. The molecular weight excluding hydrogens is 401 g/mol. The van der Waals surface area contributed by atoms with Crippen molar-refractivity contribution < 1.29 is 12.8 Å². The van der Waals surface area contributed by atoms with Crippen LogP contribution in [0.2, 0.25) is 0 Å². The molecule has 1 fully saturated rings. The van der Waals surface area contributed by atoms with Crippen LogP contribution in [-0.4, -0.2) is 47.7 Å². The van der Waals surface area contributed by atoms with Crippen LogP contribution in [0.25, 0.3) is 0 Å². The number of sulfone groups is 1. The predicted molar refractivity (Wildman–Crippen MR) is 121 cm³/mol. The number of nitrogens with one attached hydrogen (secondary N) is 1. The second-order valence-electron chi connectivity index (χ2n) is 7.69. The lowest BCUT2D eigenvalue weighted by Gasteiger charge is -2.29. The summed E-state index contributed by atoms with van der Waals surface area (Å²) in [6.07, 6.45) is 2.90. The zero-order valence-corrected chi connectivity index (χ0v) is 18.7. The Labute approximate surface area is 179 Å². The number of hydrogen-bond acceptors (Lipinski definition) is 5. The third-order valence-corrected chi connectivity index (χ3v) is 7.21. The molecule has 1 N–H and O–H groups in total. The Morgan fingerprint density at radius 1 is 1.00 bits per heavy atom. The van der Waals surface area contributed by atoms with Gasteiger partial charge < -0.3 is 15.1 Å². The third-order valence-electron chi connectivity index (χ3n) is 5.39. The second-order valence-corrected chi connectivity index (χ2v) is 9.61. The molecule has 7 heteroatoms. The van der Waals surface area contributed by atoms with Gasteiger partial charge in [-0.3, -0.25) is 0 Å². The first kappa shape index (κ1) is 22.6. The highest BCUT2D eigenvalue weighted by Crippen LogP contribution is 2.34. The zero-order chi connectivity index (χ0) is 21.6. The molecule has 0 saturated carbocycles. The summed E-state index contributed by atoms with van der Waals surface area (Å²) in [5.74, 6) is -0.446. The van der Waals surface area contributed by atoms with E-state index < -0.39 is 15.7 Å². The van der Waals surface area contributed by atoms with E-state index in [1.807, 2.05) is 12.1 Å². The van der Waals surface area contributed by atoms with E-state index in [1.54, 1.807) is 6.07 Å². The number of rotatable bonds is 8. The molecule has 2 aromatic rings. The van der Waals surface area contributed by atoms with Crippen molar-refractivity contribution in [3.8, 4) is 0 Å². The van der Waals surface area contributed by atoms with Gasteiger partial charge >= 0.3 is 0 Å². The van der Waals surface area contributed by atoms with Crippen LogP contribution in [0.1, 0.15) is 33.1 Å². The van der Waals surface area contributed by atoms with Crippen molar-refractivity contribution in [2.75, 3.05) is 49.1 Å². The molecule has 0 radical (unpaired) electrons. The van der Waals surface area contributed by atoms with Gasteiger partial charge in [-0.25, -0.2) is 12.8 Å². The van der Waals surface area contributed by atoms with Gasteiger partial charge in [0.2, 0.25) is 9.84 Å². The summed E-state index contributed by atoms with van der Waals surface area (Å²) in [5, 5.41) is 3.41. The largest absolute Gasteiger partial charge is 0.370 e. The van der Waals surface area contributed by atoms with Gasteiger partial charge in [-0.05, 0) is 68.3 Å². The average molecular weight is 434 g/mol. The molecule has 0 spiro atoms. The molecule has 3 rings (SSSR count). The van der Waals surface area contributed by atoms with Crippen molar-refractivity contribution in [2.24, 2.45) is 0 Å².